The highest BCUT2D eigenvalue weighted by molar-refractivity contribution is 5.26. The van der Waals surface area contributed by atoms with Gasteiger partial charge in [0.2, 0.25) is 0 Å². The first-order chi connectivity index (χ1) is 9.29. The summed E-state index contributed by atoms with van der Waals surface area (Å²) in [5, 5.41) is 3.56. The molecule has 2 rings (SSSR count). The third-order valence-electron chi connectivity index (χ3n) is 4.59. The molecule has 0 aromatic heterocycles. The second-order valence-electron chi connectivity index (χ2n) is 6.19. The fourth-order valence-corrected chi connectivity index (χ4v) is 3.45. The van der Waals surface area contributed by atoms with Crippen LogP contribution in [-0.4, -0.2) is 13.1 Å². The quantitative estimate of drug-likeness (QED) is 0.768. The maximum Gasteiger partial charge on any atom is -0.00173 e. The van der Waals surface area contributed by atoms with Crippen LogP contribution in [0.3, 0.4) is 0 Å². The summed E-state index contributed by atoms with van der Waals surface area (Å²) < 4.78 is 0. The van der Waals surface area contributed by atoms with Gasteiger partial charge in [0.15, 0.2) is 0 Å². The normalized spacial score (nSPS) is 17.8. The maximum absolute atomic E-state index is 3.56. The summed E-state index contributed by atoms with van der Waals surface area (Å²) in [6, 6.07) is 8.88. The predicted molar refractivity (Wildman–Crippen MR) is 83.5 cm³/mol. The number of nitrogens with one attached hydrogen (secondary N) is 1. The van der Waals surface area contributed by atoms with Crippen molar-refractivity contribution in [3.8, 4) is 0 Å². The Kier molecular flexibility index (Phi) is 5.91. The van der Waals surface area contributed by atoms with Crippen LogP contribution >= 0.6 is 0 Å². The highest BCUT2D eigenvalue weighted by Crippen LogP contribution is 2.31. The molecule has 1 aliphatic rings. The van der Waals surface area contributed by atoms with E-state index in [1.165, 1.54) is 50.6 Å². The molecule has 0 amide bonds. The summed E-state index contributed by atoms with van der Waals surface area (Å²) >= 11 is 0. The predicted octanol–water partition coefficient (Wildman–Crippen LogP) is 4.34. The molecule has 0 saturated heterocycles. The summed E-state index contributed by atoms with van der Waals surface area (Å²) in [7, 11) is 0. The lowest BCUT2D eigenvalue weighted by Gasteiger charge is -2.22. The highest BCUT2D eigenvalue weighted by Gasteiger charge is 2.20. The molecule has 1 nitrogen and oxygen atoms in total. The van der Waals surface area contributed by atoms with Gasteiger partial charge in [0.25, 0.3) is 0 Å². The summed E-state index contributed by atoms with van der Waals surface area (Å²) in [4.78, 5) is 0. The monoisotopic (exact) mass is 259 g/mol. The Morgan fingerprint density at radius 2 is 1.95 bits per heavy atom. The standard InChI is InChI=1S/C18H29N/c1-3-19-14-17(12-16-9-5-6-10-16)13-18-11-7-4-8-15(18)2/h4,7-8,11,16-17,19H,3,5-6,9-10,12-14H2,1-2H3. The third kappa shape index (κ3) is 4.65. The molecule has 1 fully saturated rings. The summed E-state index contributed by atoms with van der Waals surface area (Å²) in [5.74, 6) is 1.80. The van der Waals surface area contributed by atoms with Crippen molar-refractivity contribution in [3.63, 3.8) is 0 Å². The Bertz CT molecular complexity index is 366. The molecule has 1 aromatic rings. The molecule has 0 radical (unpaired) electrons. The van der Waals surface area contributed by atoms with Gasteiger partial charge in [-0.25, -0.2) is 0 Å². The van der Waals surface area contributed by atoms with Crippen molar-refractivity contribution < 1.29 is 0 Å². The molecule has 1 N–H and O–H groups in total. The highest BCUT2D eigenvalue weighted by atomic mass is 14.8. The Labute approximate surface area is 118 Å². The van der Waals surface area contributed by atoms with E-state index in [0.29, 0.717) is 0 Å². The minimum absolute atomic E-state index is 0.809. The number of aryl methyl sites for hydroxylation is 1. The van der Waals surface area contributed by atoms with Gasteiger partial charge in [0, 0.05) is 0 Å². The molecule has 1 aromatic carbocycles. The molecule has 1 saturated carbocycles. The van der Waals surface area contributed by atoms with E-state index in [-0.39, 0.29) is 0 Å². The second-order valence-corrected chi connectivity index (χ2v) is 6.19. The lowest BCUT2D eigenvalue weighted by molar-refractivity contribution is 0.359. The minimum Gasteiger partial charge on any atom is -0.317 e. The van der Waals surface area contributed by atoms with Crippen LogP contribution in [0.25, 0.3) is 0 Å². The van der Waals surface area contributed by atoms with Gasteiger partial charge in [0.05, 0.1) is 0 Å². The average Bonchev–Trinajstić information content (AvgIpc) is 2.91. The van der Waals surface area contributed by atoms with Gasteiger partial charge in [-0.15, -0.1) is 0 Å². The zero-order valence-electron chi connectivity index (χ0n) is 12.6. The lowest BCUT2D eigenvalue weighted by Crippen LogP contribution is -2.25. The molecule has 1 unspecified atom stereocenters. The first-order valence-corrected chi connectivity index (χ1v) is 8.04. The summed E-state index contributed by atoms with van der Waals surface area (Å²) in [5.41, 5.74) is 3.00. The van der Waals surface area contributed by atoms with E-state index in [1.807, 2.05) is 0 Å². The topological polar surface area (TPSA) is 12.0 Å². The van der Waals surface area contributed by atoms with Crippen LogP contribution in [0.5, 0.6) is 0 Å². The Morgan fingerprint density at radius 1 is 1.21 bits per heavy atom. The van der Waals surface area contributed by atoms with Crippen molar-refractivity contribution in [1.82, 2.24) is 5.32 Å². The van der Waals surface area contributed by atoms with Gasteiger partial charge >= 0.3 is 0 Å². The van der Waals surface area contributed by atoms with Crippen molar-refractivity contribution in [1.29, 1.82) is 0 Å². The third-order valence-corrected chi connectivity index (χ3v) is 4.59. The van der Waals surface area contributed by atoms with E-state index >= 15 is 0 Å². The van der Waals surface area contributed by atoms with Crippen molar-refractivity contribution in [2.24, 2.45) is 11.8 Å². The minimum atomic E-state index is 0.809. The smallest absolute Gasteiger partial charge is 0.00173 e. The molecule has 0 spiro atoms. The van der Waals surface area contributed by atoms with Crippen molar-refractivity contribution in [2.45, 2.75) is 52.4 Å². The molecule has 19 heavy (non-hydrogen) atoms. The molecule has 106 valence electrons. The summed E-state index contributed by atoms with van der Waals surface area (Å²) in [6.07, 6.45) is 8.52. The zero-order chi connectivity index (χ0) is 13.5. The van der Waals surface area contributed by atoms with Gasteiger partial charge < -0.3 is 5.32 Å². The molecular formula is C18H29N. The number of hydrogen-bond donors (Lipinski definition) is 1. The fraction of sp³-hybridized carbons (Fsp3) is 0.667. The molecule has 0 aliphatic heterocycles. The lowest BCUT2D eigenvalue weighted by atomic mass is 9.87. The van der Waals surface area contributed by atoms with Gasteiger partial charge in [0.1, 0.15) is 0 Å². The molecule has 0 bridgehead atoms. The van der Waals surface area contributed by atoms with Crippen LogP contribution in [0.2, 0.25) is 0 Å². The van der Waals surface area contributed by atoms with Crippen LogP contribution in [0.1, 0.15) is 50.2 Å². The maximum atomic E-state index is 3.56. The number of hydrogen-bond acceptors (Lipinski definition) is 1. The zero-order valence-corrected chi connectivity index (χ0v) is 12.6. The average molecular weight is 259 g/mol. The first-order valence-electron chi connectivity index (χ1n) is 8.04. The van der Waals surface area contributed by atoms with Crippen molar-refractivity contribution in [2.75, 3.05) is 13.1 Å². The fourth-order valence-electron chi connectivity index (χ4n) is 3.45. The Hall–Kier alpha value is -0.820. The molecule has 1 atom stereocenters. The molecule has 0 heterocycles. The SMILES string of the molecule is CCNCC(Cc1ccccc1C)CC1CCCC1. The van der Waals surface area contributed by atoms with Crippen LogP contribution in [0, 0.1) is 18.8 Å². The van der Waals surface area contributed by atoms with E-state index in [4.69, 9.17) is 0 Å². The van der Waals surface area contributed by atoms with Gasteiger partial charge in [-0.1, -0.05) is 56.9 Å². The van der Waals surface area contributed by atoms with E-state index in [9.17, 15) is 0 Å². The second kappa shape index (κ2) is 7.69. The number of benzene rings is 1. The van der Waals surface area contributed by atoms with E-state index in [2.05, 4.69) is 43.4 Å². The van der Waals surface area contributed by atoms with Gasteiger partial charge in [-0.3, -0.25) is 0 Å². The van der Waals surface area contributed by atoms with E-state index < -0.39 is 0 Å². The Morgan fingerprint density at radius 3 is 2.63 bits per heavy atom. The van der Waals surface area contributed by atoms with Crippen molar-refractivity contribution >= 4 is 0 Å². The van der Waals surface area contributed by atoms with E-state index in [0.717, 1.165) is 18.4 Å². The number of rotatable bonds is 7. The first kappa shape index (κ1) is 14.6. The molecule has 1 aliphatic carbocycles. The molecule has 1 heteroatoms. The largest absolute Gasteiger partial charge is 0.317 e. The van der Waals surface area contributed by atoms with Crippen LogP contribution in [0.4, 0.5) is 0 Å². The van der Waals surface area contributed by atoms with Crippen molar-refractivity contribution in [3.05, 3.63) is 35.4 Å². The van der Waals surface area contributed by atoms with Crippen LogP contribution < -0.4 is 5.32 Å². The molecular weight excluding hydrogens is 230 g/mol. The van der Waals surface area contributed by atoms with Crippen LogP contribution in [0.15, 0.2) is 24.3 Å². The van der Waals surface area contributed by atoms with E-state index in [1.54, 1.807) is 5.56 Å². The Balaban J connectivity index is 1.94. The van der Waals surface area contributed by atoms with Gasteiger partial charge in [-0.2, -0.15) is 0 Å². The van der Waals surface area contributed by atoms with Crippen LogP contribution in [-0.2, 0) is 6.42 Å². The summed E-state index contributed by atoms with van der Waals surface area (Å²) in [6.45, 7) is 6.73. The van der Waals surface area contributed by atoms with Gasteiger partial charge in [-0.05, 0) is 55.8 Å².